The maximum absolute atomic E-state index is 5.61. The van der Waals surface area contributed by atoms with Crippen molar-refractivity contribution >= 4 is 0 Å². The van der Waals surface area contributed by atoms with Gasteiger partial charge in [-0.3, -0.25) is 0 Å². The van der Waals surface area contributed by atoms with Crippen LogP contribution < -0.4 is 5.32 Å². The Morgan fingerprint density at radius 1 is 1.13 bits per heavy atom. The van der Waals surface area contributed by atoms with Crippen LogP contribution in [0.25, 0.3) is 0 Å². The molecule has 0 saturated heterocycles. The van der Waals surface area contributed by atoms with Gasteiger partial charge >= 0.3 is 0 Å². The van der Waals surface area contributed by atoms with Crippen LogP contribution in [0.2, 0.25) is 0 Å². The highest BCUT2D eigenvalue weighted by atomic mass is 16.5. The van der Waals surface area contributed by atoms with E-state index < -0.39 is 0 Å². The fraction of sp³-hybridized carbons (Fsp3) is 1.00. The summed E-state index contributed by atoms with van der Waals surface area (Å²) in [7, 11) is 0. The third kappa shape index (κ3) is 6.16. The van der Waals surface area contributed by atoms with Gasteiger partial charge in [-0.2, -0.15) is 0 Å². The van der Waals surface area contributed by atoms with Crippen LogP contribution in [0.3, 0.4) is 0 Å². The molecule has 0 aromatic heterocycles. The first kappa shape index (κ1) is 13.0. The second-order valence-electron chi connectivity index (χ2n) is 5.39. The number of hydrogen-bond acceptors (Lipinski definition) is 2. The molecule has 0 aromatic rings. The van der Waals surface area contributed by atoms with Crippen LogP contribution in [0.1, 0.15) is 46.5 Å². The van der Waals surface area contributed by atoms with Crippen molar-refractivity contribution in [3.63, 3.8) is 0 Å². The average molecular weight is 213 g/mol. The Hall–Kier alpha value is -0.0800. The molecule has 0 aliphatic heterocycles. The van der Waals surface area contributed by atoms with Gasteiger partial charge < -0.3 is 10.1 Å². The Kier molecular flexibility index (Phi) is 6.26. The smallest absolute Gasteiger partial charge is 0.0617 e. The molecule has 0 heterocycles. The zero-order valence-electron chi connectivity index (χ0n) is 10.6. The first-order chi connectivity index (χ1) is 7.18. The van der Waals surface area contributed by atoms with E-state index in [1.807, 2.05) is 0 Å². The zero-order chi connectivity index (χ0) is 11.1. The molecular weight excluding hydrogens is 186 g/mol. The summed E-state index contributed by atoms with van der Waals surface area (Å²) in [6, 6.07) is 0.504. The van der Waals surface area contributed by atoms with Crippen molar-refractivity contribution < 1.29 is 4.74 Å². The van der Waals surface area contributed by atoms with E-state index >= 15 is 0 Å². The highest BCUT2D eigenvalue weighted by molar-refractivity contribution is 4.71. The molecule has 0 radical (unpaired) electrons. The third-order valence-corrected chi connectivity index (χ3v) is 3.05. The minimum absolute atomic E-state index is 0.504. The second-order valence-corrected chi connectivity index (χ2v) is 5.39. The van der Waals surface area contributed by atoms with Gasteiger partial charge in [-0.1, -0.05) is 26.7 Å². The SMILES string of the molecule is CC(C)COCC(C)NCC1CCCC1. The molecule has 1 N–H and O–H groups in total. The molecule has 1 unspecified atom stereocenters. The third-order valence-electron chi connectivity index (χ3n) is 3.05. The van der Waals surface area contributed by atoms with Crippen molar-refractivity contribution in [3.8, 4) is 0 Å². The molecule has 15 heavy (non-hydrogen) atoms. The topological polar surface area (TPSA) is 21.3 Å². The molecule has 90 valence electrons. The van der Waals surface area contributed by atoms with Crippen LogP contribution >= 0.6 is 0 Å². The normalized spacial score (nSPS) is 20.0. The van der Waals surface area contributed by atoms with Crippen LogP contribution in [-0.4, -0.2) is 25.8 Å². The molecule has 1 rings (SSSR count). The molecule has 2 heteroatoms. The maximum Gasteiger partial charge on any atom is 0.0617 e. The van der Waals surface area contributed by atoms with Crippen LogP contribution in [0, 0.1) is 11.8 Å². The van der Waals surface area contributed by atoms with Gasteiger partial charge in [0.05, 0.1) is 6.61 Å². The largest absolute Gasteiger partial charge is 0.380 e. The standard InChI is InChI=1S/C13H27NO/c1-11(2)9-15-10-12(3)14-8-13-6-4-5-7-13/h11-14H,4-10H2,1-3H3. The van der Waals surface area contributed by atoms with Crippen LogP contribution in [0.5, 0.6) is 0 Å². The van der Waals surface area contributed by atoms with Crippen molar-refractivity contribution in [1.29, 1.82) is 0 Å². The predicted octanol–water partition coefficient (Wildman–Crippen LogP) is 2.83. The summed E-state index contributed by atoms with van der Waals surface area (Å²) < 4.78 is 5.61. The molecule has 0 aromatic carbocycles. The summed E-state index contributed by atoms with van der Waals surface area (Å²) in [4.78, 5) is 0. The molecule has 1 fully saturated rings. The highest BCUT2D eigenvalue weighted by Gasteiger charge is 2.15. The van der Waals surface area contributed by atoms with Crippen LogP contribution in [0.4, 0.5) is 0 Å². The Morgan fingerprint density at radius 2 is 1.80 bits per heavy atom. The van der Waals surface area contributed by atoms with E-state index in [4.69, 9.17) is 4.74 Å². The molecule has 1 aliphatic rings. The molecule has 0 bridgehead atoms. The Morgan fingerprint density at radius 3 is 2.40 bits per heavy atom. The van der Waals surface area contributed by atoms with E-state index in [0.717, 1.165) is 19.1 Å². The Balaban J connectivity index is 1.95. The van der Waals surface area contributed by atoms with E-state index in [-0.39, 0.29) is 0 Å². The predicted molar refractivity (Wildman–Crippen MR) is 65.1 cm³/mol. The maximum atomic E-state index is 5.61. The molecule has 1 atom stereocenters. The number of hydrogen-bond donors (Lipinski definition) is 1. The minimum atomic E-state index is 0.504. The van der Waals surface area contributed by atoms with E-state index in [0.29, 0.717) is 12.0 Å². The lowest BCUT2D eigenvalue weighted by Gasteiger charge is -2.17. The molecule has 1 aliphatic carbocycles. The van der Waals surface area contributed by atoms with Gasteiger partial charge in [0.2, 0.25) is 0 Å². The lowest BCUT2D eigenvalue weighted by atomic mass is 10.1. The van der Waals surface area contributed by atoms with E-state index in [9.17, 15) is 0 Å². The summed E-state index contributed by atoms with van der Waals surface area (Å²) in [5.74, 6) is 1.57. The number of nitrogens with one attached hydrogen (secondary N) is 1. The first-order valence-electron chi connectivity index (χ1n) is 6.49. The summed E-state index contributed by atoms with van der Waals surface area (Å²) >= 11 is 0. The zero-order valence-corrected chi connectivity index (χ0v) is 10.6. The van der Waals surface area contributed by atoms with E-state index in [1.165, 1.54) is 32.2 Å². The van der Waals surface area contributed by atoms with Gasteiger partial charge in [0.15, 0.2) is 0 Å². The average Bonchev–Trinajstić information content (AvgIpc) is 2.66. The molecular formula is C13H27NO. The van der Waals surface area contributed by atoms with E-state index in [2.05, 4.69) is 26.1 Å². The van der Waals surface area contributed by atoms with Gasteiger partial charge in [0, 0.05) is 12.6 Å². The van der Waals surface area contributed by atoms with Gasteiger partial charge in [-0.25, -0.2) is 0 Å². The lowest BCUT2D eigenvalue weighted by Crippen LogP contribution is -2.34. The second kappa shape index (κ2) is 7.24. The minimum Gasteiger partial charge on any atom is -0.380 e. The van der Waals surface area contributed by atoms with Crippen LogP contribution in [0.15, 0.2) is 0 Å². The summed E-state index contributed by atoms with van der Waals surface area (Å²) in [5.41, 5.74) is 0. The fourth-order valence-corrected chi connectivity index (χ4v) is 2.12. The van der Waals surface area contributed by atoms with Crippen molar-refractivity contribution in [2.75, 3.05) is 19.8 Å². The fourth-order valence-electron chi connectivity index (χ4n) is 2.12. The molecule has 0 amide bonds. The van der Waals surface area contributed by atoms with E-state index in [1.54, 1.807) is 0 Å². The van der Waals surface area contributed by atoms with Crippen molar-refractivity contribution in [2.24, 2.45) is 11.8 Å². The lowest BCUT2D eigenvalue weighted by molar-refractivity contribution is 0.0929. The van der Waals surface area contributed by atoms with Gasteiger partial charge in [0.25, 0.3) is 0 Å². The highest BCUT2D eigenvalue weighted by Crippen LogP contribution is 2.23. The monoisotopic (exact) mass is 213 g/mol. The number of ether oxygens (including phenoxy) is 1. The van der Waals surface area contributed by atoms with Crippen molar-refractivity contribution in [2.45, 2.75) is 52.5 Å². The van der Waals surface area contributed by atoms with Crippen molar-refractivity contribution in [1.82, 2.24) is 5.32 Å². The van der Waals surface area contributed by atoms with Gasteiger partial charge in [0.1, 0.15) is 0 Å². The summed E-state index contributed by atoms with van der Waals surface area (Å²) in [5, 5.41) is 3.57. The molecule has 0 spiro atoms. The Bertz CT molecular complexity index is 153. The van der Waals surface area contributed by atoms with Gasteiger partial charge in [-0.05, 0) is 38.1 Å². The molecule has 2 nitrogen and oxygen atoms in total. The molecule has 1 saturated carbocycles. The summed E-state index contributed by atoms with van der Waals surface area (Å²) in [6.45, 7) is 9.52. The van der Waals surface area contributed by atoms with Gasteiger partial charge in [-0.15, -0.1) is 0 Å². The quantitative estimate of drug-likeness (QED) is 0.702. The van der Waals surface area contributed by atoms with Crippen molar-refractivity contribution in [3.05, 3.63) is 0 Å². The van der Waals surface area contributed by atoms with Crippen LogP contribution in [-0.2, 0) is 4.74 Å². The number of rotatable bonds is 7. The first-order valence-corrected chi connectivity index (χ1v) is 6.49. The Labute approximate surface area is 94.8 Å². The summed E-state index contributed by atoms with van der Waals surface area (Å²) in [6.07, 6.45) is 5.72.